The summed E-state index contributed by atoms with van der Waals surface area (Å²) in [5.41, 5.74) is 4.39. The lowest BCUT2D eigenvalue weighted by molar-refractivity contribution is -0.117. The topological polar surface area (TPSA) is 70.7 Å². The normalized spacial score (nSPS) is 16.7. The van der Waals surface area contributed by atoms with Crippen LogP contribution in [0.15, 0.2) is 42.5 Å². The number of aromatic nitrogens is 1. The highest BCUT2D eigenvalue weighted by Gasteiger charge is 2.24. The molecule has 1 aromatic heterocycles. The van der Waals surface area contributed by atoms with Gasteiger partial charge in [0.15, 0.2) is 0 Å². The number of carbonyl (C=O) groups excluding carboxylic acids is 1. The van der Waals surface area contributed by atoms with E-state index in [2.05, 4.69) is 22.5 Å². The van der Waals surface area contributed by atoms with Crippen LogP contribution in [0.5, 0.6) is 5.75 Å². The first-order chi connectivity index (χ1) is 17.2. The van der Waals surface area contributed by atoms with Gasteiger partial charge in [0.25, 0.3) is 0 Å². The van der Waals surface area contributed by atoms with Crippen LogP contribution in [0.25, 0.3) is 22.2 Å². The number of hydrogen-bond donors (Lipinski definition) is 0. The Morgan fingerprint density at radius 1 is 1.11 bits per heavy atom. The summed E-state index contributed by atoms with van der Waals surface area (Å²) >= 11 is 0. The van der Waals surface area contributed by atoms with Crippen molar-refractivity contribution in [1.82, 2.24) is 9.47 Å². The van der Waals surface area contributed by atoms with Crippen LogP contribution in [-0.2, 0) is 16.1 Å². The van der Waals surface area contributed by atoms with Gasteiger partial charge in [0, 0.05) is 61.8 Å². The molecule has 0 N–H and O–H groups in total. The monoisotopic (exact) mass is 472 g/mol. The van der Waals surface area contributed by atoms with Gasteiger partial charge in [0.2, 0.25) is 5.91 Å². The standard InChI is InChI=1S/C28H32N4O3/c1-2-31-26-19-23(35-15-5-11-30-13-16-34-17-14-30)9-10-24(26)25(20-29)28(31)21-6-3-7-22(18-21)32-12-4-8-27(32)33/h3,6-7,9-10,18-19H,2,4-5,8,11-17H2,1H3. The fraction of sp³-hybridized carbons (Fsp3) is 0.429. The summed E-state index contributed by atoms with van der Waals surface area (Å²) in [6.07, 6.45) is 2.44. The van der Waals surface area contributed by atoms with E-state index in [1.165, 1.54) is 0 Å². The smallest absolute Gasteiger partial charge is 0.227 e. The van der Waals surface area contributed by atoms with Crippen LogP contribution in [-0.4, -0.2) is 61.4 Å². The quantitative estimate of drug-likeness (QED) is 0.454. The Kier molecular flexibility index (Phi) is 7.03. The molecule has 3 heterocycles. The maximum atomic E-state index is 12.3. The first-order valence-corrected chi connectivity index (χ1v) is 12.6. The van der Waals surface area contributed by atoms with Crippen molar-refractivity contribution in [3.05, 3.63) is 48.0 Å². The van der Waals surface area contributed by atoms with E-state index >= 15 is 0 Å². The molecule has 0 saturated carbocycles. The Morgan fingerprint density at radius 3 is 2.71 bits per heavy atom. The van der Waals surface area contributed by atoms with Crippen LogP contribution in [0.4, 0.5) is 5.69 Å². The van der Waals surface area contributed by atoms with E-state index in [9.17, 15) is 10.1 Å². The number of aryl methyl sites for hydroxylation is 1. The molecule has 0 bridgehead atoms. The Bertz CT molecular complexity index is 1250. The van der Waals surface area contributed by atoms with Crippen molar-refractivity contribution in [2.24, 2.45) is 0 Å². The van der Waals surface area contributed by atoms with Gasteiger partial charge in [-0.3, -0.25) is 9.69 Å². The third-order valence-corrected chi connectivity index (χ3v) is 6.96. The maximum absolute atomic E-state index is 12.3. The van der Waals surface area contributed by atoms with E-state index in [0.29, 0.717) is 18.6 Å². The SMILES string of the molecule is CCn1c(-c2cccc(N3CCCC3=O)c2)c(C#N)c2ccc(OCCCN3CCOCC3)cc21. The number of amides is 1. The van der Waals surface area contributed by atoms with Crippen LogP contribution >= 0.6 is 0 Å². The number of nitrogens with zero attached hydrogens (tertiary/aromatic N) is 4. The predicted molar refractivity (Wildman–Crippen MR) is 137 cm³/mol. The number of carbonyl (C=O) groups is 1. The van der Waals surface area contributed by atoms with Crippen LogP contribution in [0.3, 0.4) is 0 Å². The molecule has 2 saturated heterocycles. The Balaban J connectivity index is 1.41. The summed E-state index contributed by atoms with van der Waals surface area (Å²) < 4.78 is 13.7. The molecule has 5 rings (SSSR count). The van der Waals surface area contributed by atoms with Gasteiger partial charge in [0.1, 0.15) is 11.8 Å². The van der Waals surface area contributed by atoms with Crippen molar-refractivity contribution in [2.45, 2.75) is 32.7 Å². The highest BCUT2D eigenvalue weighted by atomic mass is 16.5. The molecule has 0 spiro atoms. The number of anilines is 1. The second kappa shape index (κ2) is 10.5. The summed E-state index contributed by atoms with van der Waals surface area (Å²) in [5, 5.41) is 11.0. The fourth-order valence-electron chi connectivity index (χ4n) is 5.21. The number of fused-ring (bicyclic) bond motifs is 1. The Labute approximate surface area is 206 Å². The van der Waals surface area contributed by atoms with Gasteiger partial charge in [-0.15, -0.1) is 0 Å². The van der Waals surface area contributed by atoms with E-state index < -0.39 is 0 Å². The molecule has 0 radical (unpaired) electrons. The zero-order valence-electron chi connectivity index (χ0n) is 20.3. The van der Waals surface area contributed by atoms with Crippen molar-refractivity contribution in [2.75, 3.05) is 50.9 Å². The number of benzene rings is 2. The zero-order chi connectivity index (χ0) is 24.2. The molecule has 3 aromatic rings. The average Bonchev–Trinajstić information content (AvgIpc) is 3.47. The summed E-state index contributed by atoms with van der Waals surface area (Å²) in [7, 11) is 0. The molecule has 1 amide bonds. The highest BCUT2D eigenvalue weighted by Crippen LogP contribution is 2.37. The van der Waals surface area contributed by atoms with Crippen LogP contribution < -0.4 is 9.64 Å². The summed E-state index contributed by atoms with van der Waals surface area (Å²) in [6.45, 7) is 8.82. The van der Waals surface area contributed by atoms with Crippen molar-refractivity contribution in [3.63, 3.8) is 0 Å². The van der Waals surface area contributed by atoms with Crippen LogP contribution in [0, 0.1) is 11.3 Å². The number of morpholine rings is 1. The van der Waals surface area contributed by atoms with Crippen molar-refractivity contribution in [3.8, 4) is 23.1 Å². The molecule has 7 heteroatoms. The average molecular weight is 473 g/mol. The van der Waals surface area contributed by atoms with E-state index in [1.807, 2.05) is 47.4 Å². The molecule has 0 aliphatic carbocycles. The molecule has 2 aromatic carbocycles. The molecular formula is C28H32N4O3. The van der Waals surface area contributed by atoms with Gasteiger partial charge in [0.05, 0.1) is 36.6 Å². The first-order valence-electron chi connectivity index (χ1n) is 12.6. The molecule has 35 heavy (non-hydrogen) atoms. The molecule has 2 aliphatic rings. The molecule has 2 fully saturated rings. The van der Waals surface area contributed by atoms with Crippen molar-refractivity contribution >= 4 is 22.5 Å². The van der Waals surface area contributed by atoms with Gasteiger partial charge >= 0.3 is 0 Å². The second-order valence-corrected chi connectivity index (χ2v) is 9.11. The zero-order valence-corrected chi connectivity index (χ0v) is 20.3. The van der Waals surface area contributed by atoms with E-state index in [-0.39, 0.29) is 5.91 Å². The lowest BCUT2D eigenvalue weighted by Crippen LogP contribution is -2.37. The second-order valence-electron chi connectivity index (χ2n) is 9.11. The largest absolute Gasteiger partial charge is 0.493 e. The maximum Gasteiger partial charge on any atom is 0.227 e. The van der Waals surface area contributed by atoms with Gasteiger partial charge in [-0.05, 0) is 44.0 Å². The minimum Gasteiger partial charge on any atom is -0.493 e. The third kappa shape index (κ3) is 4.77. The van der Waals surface area contributed by atoms with Gasteiger partial charge < -0.3 is 18.9 Å². The van der Waals surface area contributed by atoms with Crippen molar-refractivity contribution < 1.29 is 14.3 Å². The minimum atomic E-state index is 0.161. The molecule has 0 unspecified atom stereocenters. The fourth-order valence-corrected chi connectivity index (χ4v) is 5.21. The first kappa shape index (κ1) is 23.4. The lowest BCUT2D eigenvalue weighted by Gasteiger charge is -2.26. The lowest BCUT2D eigenvalue weighted by atomic mass is 10.0. The third-order valence-electron chi connectivity index (χ3n) is 6.96. The molecule has 182 valence electrons. The van der Waals surface area contributed by atoms with Gasteiger partial charge in [-0.1, -0.05) is 12.1 Å². The van der Waals surface area contributed by atoms with E-state index in [0.717, 1.165) is 92.4 Å². The highest BCUT2D eigenvalue weighted by molar-refractivity contribution is 5.98. The Hall–Kier alpha value is -3.34. The van der Waals surface area contributed by atoms with E-state index in [1.54, 1.807) is 0 Å². The predicted octanol–water partition coefficient (Wildman–Crippen LogP) is 4.43. The minimum absolute atomic E-state index is 0.161. The number of ether oxygens (including phenoxy) is 2. The number of rotatable bonds is 8. The van der Waals surface area contributed by atoms with Gasteiger partial charge in [-0.25, -0.2) is 0 Å². The molecule has 0 atom stereocenters. The Morgan fingerprint density at radius 2 is 1.97 bits per heavy atom. The van der Waals surface area contributed by atoms with E-state index in [4.69, 9.17) is 9.47 Å². The molecule has 2 aliphatic heterocycles. The molecule has 7 nitrogen and oxygen atoms in total. The molecular weight excluding hydrogens is 440 g/mol. The summed E-state index contributed by atoms with van der Waals surface area (Å²) in [4.78, 5) is 16.5. The number of hydrogen-bond acceptors (Lipinski definition) is 5. The van der Waals surface area contributed by atoms with Crippen LogP contribution in [0.2, 0.25) is 0 Å². The van der Waals surface area contributed by atoms with Gasteiger partial charge in [-0.2, -0.15) is 5.26 Å². The van der Waals surface area contributed by atoms with Crippen LogP contribution in [0.1, 0.15) is 31.7 Å². The number of nitriles is 1. The summed E-state index contributed by atoms with van der Waals surface area (Å²) in [6, 6.07) is 16.4. The summed E-state index contributed by atoms with van der Waals surface area (Å²) in [5.74, 6) is 0.980. The van der Waals surface area contributed by atoms with Crippen molar-refractivity contribution in [1.29, 1.82) is 5.26 Å².